The second kappa shape index (κ2) is 15.1. The number of aliphatic hydroxyl groups excluding tert-OH is 1. The predicted molar refractivity (Wildman–Crippen MR) is 176 cm³/mol. The molecule has 250 valence electrons. The van der Waals surface area contributed by atoms with Crippen LogP contribution in [0.2, 0.25) is 0 Å². The van der Waals surface area contributed by atoms with E-state index in [4.69, 9.17) is 18.9 Å². The number of nitrogens with one attached hydrogen (secondary N) is 2. The maximum absolute atomic E-state index is 13.0. The zero-order valence-electron chi connectivity index (χ0n) is 27.1. The van der Waals surface area contributed by atoms with Crippen LogP contribution in [0.3, 0.4) is 0 Å². The molecule has 0 aromatic heterocycles. The van der Waals surface area contributed by atoms with Crippen molar-refractivity contribution >= 4 is 17.5 Å². The molecule has 2 amide bonds. The van der Waals surface area contributed by atoms with Crippen LogP contribution in [-0.4, -0.2) is 72.6 Å². The lowest BCUT2D eigenvalue weighted by molar-refractivity contribution is -0.278. The van der Waals surface area contributed by atoms with Crippen molar-refractivity contribution in [1.29, 1.82) is 0 Å². The molecule has 47 heavy (non-hydrogen) atoms. The molecule has 1 unspecified atom stereocenters. The molecule has 3 aliphatic rings. The summed E-state index contributed by atoms with van der Waals surface area (Å²) in [5.74, 6) is -0.516. The number of rotatable bonds is 10. The molecular weight excluding hydrogens is 598 g/mol. The Labute approximate surface area is 276 Å². The van der Waals surface area contributed by atoms with Gasteiger partial charge in [-0.25, -0.2) is 4.79 Å². The number of urea groups is 1. The maximum Gasteiger partial charge on any atom is 0.319 e. The molecule has 10 nitrogen and oxygen atoms in total. The van der Waals surface area contributed by atoms with Crippen LogP contribution in [0.5, 0.6) is 0 Å². The highest BCUT2D eigenvalue weighted by atomic mass is 16.7. The number of carbonyl (C=O) groups excluding carboxylic acids is 2. The Morgan fingerprint density at radius 3 is 2.32 bits per heavy atom. The Bertz CT molecular complexity index is 1490. The summed E-state index contributed by atoms with van der Waals surface area (Å²) in [6.45, 7) is 7.36. The van der Waals surface area contributed by atoms with Gasteiger partial charge in [-0.3, -0.25) is 4.79 Å². The summed E-state index contributed by atoms with van der Waals surface area (Å²) in [6.07, 6.45) is 0.996. The lowest BCUT2D eigenvalue weighted by Crippen LogP contribution is -2.50. The molecule has 0 saturated carbocycles. The van der Waals surface area contributed by atoms with Crippen LogP contribution in [-0.2, 0) is 36.8 Å². The van der Waals surface area contributed by atoms with Gasteiger partial charge >= 0.3 is 6.03 Å². The fourth-order valence-corrected chi connectivity index (χ4v) is 6.68. The smallest absolute Gasteiger partial charge is 0.319 e. The van der Waals surface area contributed by atoms with E-state index in [1.54, 1.807) is 6.07 Å². The number of hydrogen-bond acceptors (Lipinski definition) is 8. The van der Waals surface area contributed by atoms with Crippen LogP contribution in [0, 0.1) is 5.92 Å². The number of nitrogens with zero attached hydrogens (tertiary/aromatic N) is 1. The van der Waals surface area contributed by atoms with Gasteiger partial charge < -0.3 is 39.6 Å². The number of carbonyl (C=O) groups is 2. The number of likely N-dealkylation sites (tertiary alicyclic amines) is 1. The van der Waals surface area contributed by atoms with E-state index in [9.17, 15) is 14.7 Å². The number of amides is 2. The molecule has 0 radical (unpaired) electrons. The number of hydrogen-bond donors (Lipinski definition) is 3. The van der Waals surface area contributed by atoms with Gasteiger partial charge in [0.25, 0.3) is 0 Å². The van der Waals surface area contributed by atoms with Gasteiger partial charge in [-0.15, -0.1) is 0 Å². The van der Waals surface area contributed by atoms with Crippen LogP contribution in [0.15, 0.2) is 78.9 Å². The van der Waals surface area contributed by atoms with Crippen molar-refractivity contribution < 1.29 is 33.6 Å². The minimum absolute atomic E-state index is 0.0214. The Hall–Kier alpha value is -3.64. The Balaban J connectivity index is 1.16. The molecule has 0 aliphatic carbocycles. The molecule has 3 N–H and O–H groups in total. The van der Waals surface area contributed by atoms with Gasteiger partial charge in [0, 0.05) is 49.6 Å². The van der Waals surface area contributed by atoms with E-state index >= 15 is 0 Å². The molecule has 3 aromatic rings. The van der Waals surface area contributed by atoms with Crippen LogP contribution < -0.4 is 10.6 Å². The number of anilines is 1. The molecule has 3 fully saturated rings. The van der Waals surface area contributed by atoms with Gasteiger partial charge in [-0.1, -0.05) is 73.7 Å². The normalized spacial score (nSPS) is 24.9. The molecule has 6 rings (SSSR count). The molecule has 3 heterocycles. The van der Waals surface area contributed by atoms with E-state index in [2.05, 4.69) is 22.5 Å². The molecule has 10 heteroatoms. The first-order chi connectivity index (χ1) is 22.8. The summed E-state index contributed by atoms with van der Waals surface area (Å²) >= 11 is 0. The van der Waals surface area contributed by atoms with Gasteiger partial charge in [-0.2, -0.15) is 0 Å². The van der Waals surface area contributed by atoms with Crippen molar-refractivity contribution in [2.24, 2.45) is 5.92 Å². The number of benzene rings is 3. The van der Waals surface area contributed by atoms with Crippen LogP contribution in [0.25, 0.3) is 0 Å². The lowest BCUT2D eigenvalue weighted by atomic mass is 9.89. The number of Topliss-reactive ketones (excluding diaryl/α,β-unsaturated/α-hetero) is 1. The van der Waals surface area contributed by atoms with E-state index in [1.165, 1.54) is 6.92 Å². The number of ketones is 1. The summed E-state index contributed by atoms with van der Waals surface area (Å²) < 4.78 is 25.2. The summed E-state index contributed by atoms with van der Waals surface area (Å²) in [6, 6.07) is 23.8. The molecular formula is C37H45N3O7. The van der Waals surface area contributed by atoms with Gasteiger partial charge in [0.15, 0.2) is 17.9 Å². The Morgan fingerprint density at radius 1 is 0.915 bits per heavy atom. The first-order valence-corrected chi connectivity index (χ1v) is 16.5. The molecule has 5 atom stereocenters. The van der Waals surface area contributed by atoms with Crippen molar-refractivity contribution in [1.82, 2.24) is 10.2 Å². The van der Waals surface area contributed by atoms with E-state index in [1.807, 2.05) is 72.8 Å². The van der Waals surface area contributed by atoms with Crippen molar-refractivity contribution in [2.75, 3.05) is 38.2 Å². The molecule has 3 aliphatic heterocycles. The van der Waals surface area contributed by atoms with Gasteiger partial charge in [0.1, 0.15) is 0 Å². The average Bonchev–Trinajstić information content (AvgIpc) is 3.55. The van der Waals surface area contributed by atoms with E-state index in [-0.39, 0.29) is 30.5 Å². The van der Waals surface area contributed by atoms with Gasteiger partial charge in [0.2, 0.25) is 0 Å². The fourth-order valence-electron chi connectivity index (χ4n) is 6.68. The van der Waals surface area contributed by atoms with Crippen molar-refractivity contribution in [2.45, 2.75) is 70.0 Å². The van der Waals surface area contributed by atoms with Crippen molar-refractivity contribution in [3.63, 3.8) is 0 Å². The second-order valence-electron chi connectivity index (χ2n) is 12.8. The third-order valence-corrected chi connectivity index (χ3v) is 9.49. The fraction of sp³-hybridized carbons (Fsp3) is 0.459. The summed E-state index contributed by atoms with van der Waals surface area (Å²) in [4.78, 5) is 27.8. The highest BCUT2D eigenvalue weighted by molar-refractivity contribution is 5.93. The van der Waals surface area contributed by atoms with Gasteiger partial charge in [-0.05, 0) is 42.2 Å². The van der Waals surface area contributed by atoms with Gasteiger partial charge in [0.05, 0.1) is 38.1 Å². The lowest BCUT2D eigenvalue weighted by Gasteiger charge is -2.44. The van der Waals surface area contributed by atoms with E-state index in [0.717, 1.165) is 54.7 Å². The quantitative estimate of drug-likeness (QED) is 0.278. The zero-order chi connectivity index (χ0) is 32.8. The summed E-state index contributed by atoms with van der Waals surface area (Å²) in [7, 11) is 0. The van der Waals surface area contributed by atoms with E-state index < -0.39 is 24.2 Å². The topological polar surface area (TPSA) is 119 Å². The summed E-state index contributed by atoms with van der Waals surface area (Å²) in [5, 5.41) is 15.3. The number of ether oxygens (including phenoxy) is 4. The third kappa shape index (κ3) is 8.27. The second-order valence-corrected chi connectivity index (χ2v) is 12.8. The maximum atomic E-state index is 13.0. The highest BCUT2D eigenvalue weighted by Crippen LogP contribution is 2.42. The Kier molecular flexibility index (Phi) is 10.7. The number of piperidine rings is 1. The largest absolute Gasteiger partial charge is 0.392 e. The SMILES string of the molecule is CC(=O)[C@@H](Cc1ccccc1)NC(=O)Nc1cccc(C2O[C@H](CN3CCC4(CC3)OCCO4)[C@H](C)[C@H](c3ccc(CO)cc3)O2)c1. The van der Waals surface area contributed by atoms with Crippen LogP contribution >= 0.6 is 0 Å². The zero-order valence-corrected chi connectivity index (χ0v) is 27.1. The van der Waals surface area contributed by atoms with Crippen LogP contribution in [0.1, 0.15) is 61.3 Å². The first-order valence-electron chi connectivity index (χ1n) is 16.5. The minimum Gasteiger partial charge on any atom is -0.392 e. The molecule has 3 saturated heterocycles. The summed E-state index contributed by atoms with van der Waals surface area (Å²) in [5.41, 5.74) is 4.16. The van der Waals surface area contributed by atoms with Crippen molar-refractivity contribution in [3.8, 4) is 0 Å². The van der Waals surface area contributed by atoms with Crippen molar-refractivity contribution in [3.05, 3.63) is 101 Å². The predicted octanol–water partition coefficient (Wildman–Crippen LogP) is 5.13. The van der Waals surface area contributed by atoms with Crippen LogP contribution in [0.4, 0.5) is 10.5 Å². The monoisotopic (exact) mass is 643 g/mol. The standard InChI is InChI=1S/C37H45N3O7/c1-25-33(23-40-17-15-37(16-18-40)44-19-20-45-37)46-35(47-34(25)29-13-11-28(24-41)12-14-29)30-9-6-10-31(22-30)38-36(43)39-32(26(2)42)21-27-7-4-3-5-8-27/h3-14,22,25,32-35,41H,15-21,23-24H2,1-2H3,(H2,38,39,43)/t25-,32+,33+,34+,35?/m0/s1. The molecule has 3 aromatic carbocycles. The van der Waals surface area contributed by atoms with E-state index in [0.29, 0.717) is 25.3 Å². The molecule has 0 bridgehead atoms. The average molecular weight is 644 g/mol. The first kappa shape index (κ1) is 33.3. The highest BCUT2D eigenvalue weighted by Gasteiger charge is 2.43. The molecule has 1 spiro atoms. The number of aliphatic hydroxyl groups is 1. The third-order valence-electron chi connectivity index (χ3n) is 9.49. The Morgan fingerprint density at radius 2 is 1.64 bits per heavy atom. The minimum atomic E-state index is -0.677.